The standard InChI is InChI=1S/C11H23BrO2/c1-5-10(8-12)9-14-7-6-11(2,3)13-4/h10H,5-9H2,1-4H3. The number of hydrogen-bond acceptors (Lipinski definition) is 2. The molecular weight excluding hydrogens is 244 g/mol. The summed E-state index contributed by atoms with van der Waals surface area (Å²) in [6.07, 6.45) is 2.11. The zero-order chi connectivity index (χ0) is 11.0. The molecule has 0 fully saturated rings. The number of alkyl halides is 1. The van der Waals surface area contributed by atoms with Crippen molar-refractivity contribution < 1.29 is 9.47 Å². The summed E-state index contributed by atoms with van der Waals surface area (Å²) in [5.74, 6) is 0.639. The summed E-state index contributed by atoms with van der Waals surface area (Å²) < 4.78 is 10.9. The minimum absolute atomic E-state index is 0.0594. The van der Waals surface area contributed by atoms with Crippen molar-refractivity contribution in [2.75, 3.05) is 25.7 Å². The molecule has 2 nitrogen and oxygen atoms in total. The van der Waals surface area contributed by atoms with Crippen molar-refractivity contribution in [1.82, 2.24) is 0 Å². The first-order chi connectivity index (χ1) is 6.55. The molecule has 0 saturated heterocycles. The number of hydrogen-bond donors (Lipinski definition) is 0. The summed E-state index contributed by atoms with van der Waals surface area (Å²) in [6, 6.07) is 0. The number of methoxy groups -OCH3 is 1. The summed E-state index contributed by atoms with van der Waals surface area (Å²) >= 11 is 3.48. The molecule has 0 bridgehead atoms. The van der Waals surface area contributed by atoms with E-state index in [9.17, 15) is 0 Å². The van der Waals surface area contributed by atoms with E-state index < -0.39 is 0 Å². The fourth-order valence-electron chi connectivity index (χ4n) is 0.942. The minimum Gasteiger partial charge on any atom is -0.381 e. The monoisotopic (exact) mass is 266 g/mol. The van der Waals surface area contributed by atoms with Crippen LogP contribution in [-0.4, -0.2) is 31.3 Å². The number of rotatable bonds is 8. The molecule has 0 aromatic heterocycles. The maximum Gasteiger partial charge on any atom is 0.0644 e. The van der Waals surface area contributed by atoms with Crippen LogP contribution in [0.5, 0.6) is 0 Å². The van der Waals surface area contributed by atoms with Crippen molar-refractivity contribution in [2.24, 2.45) is 5.92 Å². The quantitative estimate of drug-likeness (QED) is 0.496. The van der Waals surface area contributed by atoms with Gasteiger partial charge < -0.3 is 9.47 Å². The topological polar surface area (TPSA) is 18.5 Å². The van der Waals surface area contributed by atoms with Gasteiger partial charge in [0.1, 0.15) is 0 Å². The van der Waals surface area contributed by atoms with Gasteiger partial charge in [-0.15, -0.1) is 0 Å². The van der Waals surface area contributed by atoms with Crippen LogP contribution in [0, 0.1) is 5.92 Å². The van der Waals surface area contributed by atoms with Gasteiger partial charge in [0.2, 0.25) is 0 Å². The van der Waals surface area contributed by atoms with Crippen molar-refractivity contribution in [3.63, 3.8) is 0 Å². The summed E-state index contributed by atoms with van der Waals surface area (Å²) in [6.45, 7) is 7.98. The molecule has 0 aliphatic rings. The van der Waals surface area contributed by atoms with E-state index in [2.05, 4.69) is 36.7 Å². The second-order valence-electron chi connectivity index (χ2n) is 4.22. The molecule has 0 heterocycles. The van der Waals surface area contributed by atoms with Gasteiger partial charge in [-0.3, -0.25) is 0 Å². The second-order valence-corrected chi connectivity index (χ2v) is 4.86. The maximum atomic E-state index is 5.61. The molecule has 14 heavy (non-hydrogen) atoms. The lowest BCUT2D eigenvalue weighted by molar-refractivity contribution is -0.0134. The molecule has 3 heteroatoms. The molecule has 1 atom stereocenters. The Morgan fingerprint density at radius 1 is 1.36 bits per heavy atom. The third kappa shape index (κ3) is 6.80. The Kier molecular flexibility index (Phi) is 7.88. The molecule has 0 aliphatic carbocycles. The minimum atomic E-state index is -0.0594. The van der Waals surface area contributed by atoms with Gasteiger partial charge in [0.05, 0.1) is 12.2 Å². The van der Waals surface area contributed by atoms with E-state index in [0.717, 1.165) is 25.0 Å². The second kappa shape index (κ2) is 7.66. The first-order valence-electron chi connectivity index (χ1n) is 5.24. The third-order valence-corrected chi connectivity index (χ3v) is 3.47. The highest BCUT2D eigenvalue weighted by Crippen LogP contribution is 2.13. The predicted molar refractivity (Wildman–Crippen MR) is 64.1 cm³/mol. The van der Waals surface area contributed by atoms with Crippen LogP contribution in [-0.2, 0) is 9.47 Å². The highest BCUT2D eigenvalue weighted by atomic mass is 79.9. The lowest BCUT2D eigenvalue weighted by Gasteiger charge is -2.23. The Balaban J connectivity index is 3.45. The SMILES string of the molecule is CCC(CBr)COCCC(C)(C)OC. The lowest BCUT2D eigenvalue weighted by atomic mass is 10.1. The molecule has 0 amide bonds. The van der Waals surface area contributed by atoms with E-state index in [4.69, 9.17) is 9.47 Å². The van der Waals surface area contributed by atoms with Crippen LogP contribution in [0.25, 0.3) is 0 Å². The van der Waals surface area contributed by atoms with Crippen LogP contribution < -0.4 is 0 Å². The van der Waals surface area contributed by atoms with Gasteiger partial charge in [-0.1, -0.05) is 29.3 Å². The van der Waals surface area contributed by atoms with Gasteiger partial charge >= 0.3 is 0 Å². The molecule has 1 unspecified atom stereocenters. The molecule has 0 rings (SSSR count). The Bertz CT molecular complexity index is 133. The number of halogens is 1. The predicted octanol–water partition coefficient (Wildman–Crippen LogP) is 3.24. The van der Waals surface area contributed by atoms with Crippen LogP contribution in [0.15, 0.2) is 0 Å². The molecule has 0 spiro atoms. The zero-order valence-electron chi connectivity index (χ0n) is 9.81. The van der Waals surface area contributed by atoms with E-state index in [1.165, 1.54) is 6.42 Å². The van der Waals surface area contributed by atoms with Gasteiger partial charge in [0, 0.05) is 19.0 Å². The van der Waals surface area contributed by atoms with Crippen molar-refractivity contribution >= 4 is 15.9 Å². The van der Waals surface area contributed by atoms with Crippen LogP contribution in [0.4, 0.5) is 0 Å². The number of ether oxygens (including phenoxy) is 2. The van der Waals surface area contributed by atoms with Gasteiger partial charge in [-0.25, -0.2) is 0 Å². The van der Waals surface area contributed by atoms with E-state index in [0.29, 0.717) is 5.92 Å². The normalized spacial score (nSPS) is 14.4. The molecule has 0 radical (unpaired) electrons. The van der Waals surface area contributed by atoms with Crippen LogP contribution >= 0.6 is 15.9 Å². The summed E-state index contributed by atoms with van der Waals surface area (Å²) in [7, 11) is 1.74. The van der Waals surface area contributed by atoms with Crippen molar-refractivity contribution in [1.29, 1.82) is 0 Å². The Morgan fingerprint density at radius 2 is 2.00 bits per heavy atom. The average Bonchev–Trinajstić information content (AvgIpc) is 2.18. The first kappa shape index (κ1) is 14.4. The average molecular weight is 267 g/mol. The third-order valence-electron chi connectivity index (χ3n) is 2.55. The lowest BCUT2D eigenvalue weighted by Crippen LogP contribution is -2.25. The van der Waals surface area contributed by atoms with Crippen molar-refractivity contribution in [3.8, 4) is 0 Å². The fraction of sp³-hybridized carbons (Fsp3) is 1.00. The molecular formula is C11H23BrO2. The van der Waals surface area contributed by atoms with Gasteiger partial charge in [-0.05, 0) is 26.2 Å². The van der Waals surface area contributed by atoms with Crippen LogP contribution in [0.2, 0.25) is 0 Å². The van der Waals surface area contributed by atoms with E-state index in [1.54, 1.807) is 7.11 Å². The van der Waals surface area contributed by atoms with Crippen molar-refractivity contribution in [2.45, 2.75) is 39.2 Å². The highest BCUT2D eigenvalue weighted by molar-refractivity contribution is 9.09. The first-order valence-corrected chi connectivity index (χ1v) is 6.36. The summed E-state index contributed by atoms with van der Waals surface area (Å²) in [5, 5.41) is 1.02. The fourth-order valence-corrected chi connectivity index (χ4v) is 1.59. The summed E-state index contributed by atoms with van der Waals surface area (Å²) in [5.41, 5.74) is -0.0594. The van der Waals surface area contributed by atoms with E-state index in [-0.39, 0.29) is 5.60 Å². The molecule has 0 aliphatic heterocycles. The zero-order valence-corrected chi connectivity index (χ0v) is 11.4. The molecule has 0 saturated carbocycles. The van der Waals surface area contributed by atoms with Gasteiger partial charge in [0.25, 0.3) is 0 Å². The molecule has 0 aromatic rings. The molecule has 0 aromatic carbocycles. The Labute approximate surface area is 96.5 Å². The maximum absolute atomic E-state index is 5.61. The molecule has 0 N–H and O–H groups in total. The van der Waals surface area contributed by atoms with Gasteiger partial charge in [0.15, 0.2) is 0 Å². The van der Waals surface area contributed by atoms with Crippen LogP contribution in [0.3, 0.4) is 0 Å². The highest BCUT2D eigenvalue weighted by Gasteiger charge is 2.15. The summed E-state index contributed by atoms with van der Waals surface area (Å²) in [4.78, 5) is 0. The van der Waals surface area contributed by atoms with Crippen molar-refractivity contribution in [3.05, 3.63) is 0 Å². The Morgan fingerprint density at radius 3 is 2.43 bits per heavy atom. The molecule has 86 valence electrons. The van der Waals surface area contributed by atoms with E-state index >= 15 is 0 Å². The largest absolute Gasteiger partial charge is 0.381 e. The van der Waals surface area contributed by atoms with Gasteiger partial charge in [-0.2, -0.15) is 0 Å². The Hall–Kier alpha value is 0.400. The van der Waals surface area contributed by atoms with Crippen LogP contribution in [0.1, 0.15) is 33.6 Å². The van der Waals surface area contributed by atoms with E-state index in [1.807, 2.05) is 0 Å². The smallest absolute Gasteiger partial charge is 0.0644 e.